The number of hydrogen-bond donors (Lipinski definition) is 2. The summed E-state index contributed by atoms with van der Waals surface area (Å²) in [4.78, 5) is 17.9. The Morgan fingerprint density at radius 3 is 2.50 bits per heavy atom. The number of benzene rings is 2. The molecule has 2 aromatic carbocycles. The number of aryl methyl sites for hydroxylation is 1. The van der Waals surface area contributed by atoms with Gasteiger partial charge in [-0.1, -0.05) is 29.8 Å². The van der Waals surface area contributed by atoms with Crippen LogP contribution in [0.2, 0.25) is 0 Å². The lowest BCUT2D eigenvalue weighted by molar-refractivity contribution is -0.117. The van der Waals surface area contributed by atoms with Gasteiger partial charge in [0.1, 0.15) is 12.4 Å². The maximum Gasteiger partial charge on any atom is 0.227 e. The Kier molecular flexibility index (Phi) is 6.89. The van der Waals surface area contributed by atoms with Crippen molar-refractivity contribution in [2.24, 2.45) is 4.99 Å². The highest BCUT2D eigenvalue weighted by molar-refractivity contribution is 5.95. The van der Waals surface area contributed by atoms with Gasteiger partial charge in [-0.2, -0.15) is 0 Å². The molecule has 1 saturated heterocycles. The lowest BCUT2D eigenvalue weighted by Crippen LogP contribution is -2.38. The quantitative estimate of drug-likeness (QED) is 0.440. The van der Waals surface area contributed by atoms with E-state index in [4.69, 9.17) is 4.74 Å². The number of amides is 1. The van der Waals surface area contributed by atoms with E-state index in [0.717, 1.165) is 35.9 Å². The van der Waals surface area contributed by atoms with Gasteiger partial charge >= 0.3 is 0 Å². The molecule has 1 amide bonds. The van der Waals surface area contributed by atoms with E-state index in [1.54, 1.807) is 7.05 Å². The van der Waals surface area contributed by atoms with E-state index in [1.807, 2.05) is 53.4 Å². The Morgan fingerprint density at radius 1 is 1.11 bits per heavy atom. The maximum atomic E-state index is 11.8. The number of rotatable bonds is 7. The largest absolute Gasteiger partial charge is 0.492 e. The molecule has 0 aromatic heterocycles. The molecule has 2 aromatic rings. The molecule has 148 valence electrons. The normalized spacial score (nSPS) is 14.3. The van der Waals surface area contributed by atoms with Gasteiger partial charge < -0.3 is 20.3 Å². The Hall–Kier alpha value is -3.02. The van der Waals surface area contributed by atoms with E-state index in [2.05, 4.69) is 22.5 Å². The molecular weight excluding hydrogens is 352 g/mol. The van der Waals surface area contributed by atoms with Crippen LogP contribution in [0.15, 0.2) is 53.5 Å². The van der Waals surface area contributed by atoms with Crippen LogP contribution in [0.5, 0.6) is 5.75 Å². The van der Waals surface area contributed by atoms with Crippen molar-refractivity contribution >= 4 is 17.6 Å². The number of ether oxygens (including phenoxy) is 1. The van der Waals surface area contributed by atoms with Crippen LogP contribution in [0.3, 0.4) is 0 Å². The van der Waals surface area contributed by atoms with Crippen LogP contribution in [-0.4, -0.2) is 38.6 Å². The predicted octanol–water partition coefficient (Wildman–Crippen LogP) is 2.87. The van der Waals surface area contributed by atoms with Crippen molar-refractivity contribution < 1.29 is 9.53 Å². The summed E-state index contributed by atoms with van der Waals surface area (Å²) in [6, 6.07) is 16.1. The second kappa shape index (κ2) is 9.78. The summed E-state index contributed by atoms with van der Waals surface area (Å²) in [6.07, 6.45) is 1.59. The molecule has 3 rings (SSSR count). The summed E-state index contributed by atoms with van der Waals surface area (Å²) in [5.74, 6) is 1.81. The van der Waals surface area contributed by atoms with E-state index in [9.17, 15) is 4.79 Å². The van der Waals surface area contributed by atoms with E-state index in [1.165, 1.54) is 5.56 Å². The standard InChI is InChI=1S/C22H28N4O2/c1-17-5-11-20(12-6-17)28-15-13-24-22(23-2)25-16-18-7-9-19(10-8-18)26-14-3-4-21(26)27/h5-12H,3-4,13-16H2,1-2H3,(H2,23,24,25). The fourth-order valence-corrected chi connectivity index (χ4v) is 3.09. The summed E-state index contributed by atoms with van der Waals surface area (Å²) in [7, 11) is 1.75. The lowest BCUT2D eigenvalue weighted by atomic mass is 10.2. The molecule has 1 aliphatic heterocycles. The number of carbonyl (C=O) groups is 1. The molecule has 0 atom stereocenters. The minimum atomic E-state index is 0.211. The Bertz CT molecular complexity index is 800. The van der Waals surface area contributed by atoms with Crippen molar-refractivity contribution in [2.45, 2.75) is 26.3 Å². The number of hydrogen-bond acceptors (Lipinski definition) is 3. The second-order valence-electron chi connectivity index (χ2n) is 6.83. The van der Waals surface area contributed by atoms with E-state index in [0.29, 0.717) is 26.1 Å². The van der Waals surface area contributed by atoms with Gasteiger partial charge in [-0.3, -0.25) is 9.79 Å². The third kappa shape index (κ3) is 5.49. The number of carbonyl (C=O) groups excluding carboxylic acids is 1. The predicted molar refractivity (Wildman–Crippen MR) is 113 cm³/mol. The first kappa shape index (κ1) is 19.7. The monoisotopic (exact) mass is 380 g/mol. The van der Waals surface area contributed by atoms with Crippen molar-refractivity contribution in [2.75, 3.05) is 31.6 Å². The number of nitrogens with zero attached hydrogens (tertiary/aromatic N) is 2. The minimum Gasteiger partial charge on any atom is -0.492 e. The molecule has 1 fully saturated rings. The lowest BCUT2D eigenvalue weighted by Gasteiger charge is -2.16. The van der Waals surface area contributed by atoms with Gasteiger partial charge in [0, 0.05) is 32.2 Å². The van der Waals surface area contributed by atoms with Crippen LogP contribution in [0.25, 0.3) is 0 Å². The van der Waals surface area contributed by atoms with Crippen molar-refractivity contribution in [3.63, 3.8) is 0 Å². The van der Waals surface area contributed by atoms with Crippen LogP contribution in [0, 0.1) is 6.92 Å². The van der Waals surface area contributed by atoms with E-state index >= 15 is 0 Å². The highest BCUT2D eigenvalue weighted by atomic mass is 16.5. The summed E-state index contributed by atoms with van der Waals surface area (Å²) < 4.78 is 5.71. The summed E-state index contributed by atoms with van der Waals surface area (Å²) >= 11 is 0. The molecule has 6 heteroatoms. The fourth-order valence-electron chi connectivity index (χ4n) is 3.09. The topological polar surface area (TPSA) is 66.0 Å². The van der Waals surface area contributed by atoms with Crippen LogP contribution >= 0.6 is 0 Å². The average Bonchev–Trinajstić information content (AvgIpc) is 3.15. The first-order chi connectivity index (χ1) is 13.7. The zero-order valence-corrected chi connectivity index (χ0v) is 16.6. The molecule has 0 saturated carbocycles. The van der Waals surface area contributed by atoms with E-state index < -0.39 is 0 Å². The van der Waals surface area contributed by atoms with Crippen LogP contribution < -0.4 is 20.3 Å². The molecule has 2 N–H and O–H groups in total. The molecule has 0 radical (unpaired) electrons. The molecule has 0 unspecified atom stereocenters. The Morgan fingerprint density at radius 2 is 1.86 bits per heavy atom. The molecule has 0 aliphatic carbocycles. The van der Waals surface area contributed by atoms with Gasteiger partial charge in [-0.25, -0.2) is 0 Å². The molecule has 1 heterocycles. The number of aliphatic imine (C=N–C) groups is 1. The van der Waals surface area contributed by atoms with Crippen LogP contribution in [-0.2, 0) is 11.3 Å². The Balaban J connectivity index is 1.40. The third-order valence-corrected chi connectivity index (χ3v) is 4.69. The SMILES string of the molecule is CN=C(NCCOc1ccc(C)cc1)NCc1ccc(N2CCCC2=O)cc1. The van der Waals surface area contributed by atoms with Gasteiger partial charge in [-0.15, -0.1) is 0 Å². The summed E-state index contributed by atoms with van der Waals surface area (Å²) in [6.45, 7) is 4.75. The average molecular weight is 380 g/mol. The van der Waals surface area contributed by atoms with Crippen molar-refractivity contribution in [3.8, 4) is 5.75 Å². The zero-order chi connectivity index (χ0) is 19.8. The number of guanidine groups is 1. The minimum absolute atomic E-state index is 0.211. The van der Waals surface area contributed by atoms with Gasteiger partial charge in [0.2, 0.25) is 5.91 Å². The second-order valence-corrected chi connectivity index (χ2v) is 6.83. The first-order valence-electron chi connectivity index (χ1n) is 9.69. The highest BCUT2D eigenvalue weighted by Gasteiger charge is 2.21. The molecule has 0 bridgehead atoms. The van der Waals surface area contributed by atoms with Gasteiger partial charge in [0.05, 0.1) is 6.54 Å². The smallest absolute Gasteiger partial charge is 0.227 e. The van der Waals surface area contributed by atoms with E-state index in [-0.39, 0.29) is 5.91 Å². The van der Waals surface area contributed by atoms with Crippen molar-refractivity contribution in [3.05, 3.63) is 59.7 Å². The van der Waals surface area contributed by atoms with Gasteiger partial charge in [0.15, 0.2) is 5.96 Å². The maximum absolute atomic E-state index is 11.8. The molecule has 1 aliphatic rings. The summed E-state index contributed by atoms with van der Waals surface area (Å²) in [5, 5.41) is 6.54. The molecule has 6 nitrogen and oxygen atoms in total. The molecule has 28 heavy (non-hydrogen) atoms. The number of anilines is 1. The summed E-state index contributed by atoms with van der Waals surface area (Å²) in [5.41, 5.74) is 3.33. The van der Waals surface area contributed by atoms with Crippen LogP contribution in [0.4, 0.5) is 5.69 Å². The van der Waals surface area contributed by atoms with Gasteiger partial charge in [-0.05, 0) is 43.2 Å². The Labute approximate surface area is 166 Å². The fraction of sp³-hybridized carbons (Fsp3) is 0.364. The first-order valence-corrected chi connectivity index (χ1v) is 9.69. The highest BCUT2D eigenvalue weighted by Crippen LogP contribution is 2.21. The van der Waals surface area contributed by atoms with Gasteiger partial charge in [0.25, 0.3) is 0 Å². The zero-order valence-electron chi connectivity index (χ0n) is 16.6. The third-order valence-electron chi connectivity index (χ3n) is 4.69. The van der Waals surface area contributed by atoms with Crippen molar-refractivity contribution in [1.29, 1.82) is 0 Å². The molecule has 0 spiro atoms. The number of nitrogens with one attached hydrogen (secondary N) is 2. The molecular formula is C22H28N4O2. The van der Waals surface area contributed by atoms with Crippen LogP contribution in [0.1, 0.15) is 24.0 Å². The van der Waals surface area contributed by atoms with Crippen molar-refractivity contribution in [1.82, 2.24) is 10.6 Å².